The fourth-order valence-corrected chi connectivity index (χ4v) is 4.66. The minimum Gasteiger partial charge on any atom is -0.474 e. The molecule has 3 atom stereocenters. The number of ether oxygens (including phenoxy) is 3. The monoisotopic (exact) mass is 555 g/mol. The van der Waals surface area contributed by atoms with Gasteiger partial charge in [-0.1, -0.05) is 18.2 Å². The van der Waals surface area contributed by atoms with Gasteiger partial charge >= 0.3 is 6.03 Å². The Balaban J connectivity index is 1.34. The first-order valence-electron chi connectivity index (χ1n) is 13.2. The average Bonchev–Trinajstić information content (AvgIpc) is 3.52. The molecule has 0 bridgehead atoms. The van der Waals surface area contributed by atoms with Crippen LogP contribution in [0.25, 0.3) is 5.69 Å². The molecular weight excluding hydrogens is 521 g/mol. The van der Waals surface area contributed by atoms with E-state index >= 15 is 0 Å². The minimum atomic E-state index is -0.621. The molecule has 2 aromatic heterocycles. The van der Waals surface area contributed by atoms with Gasteiger partial charge in [-0.25, -0.2) is 14.5 Å². The molecule has 13 heteroatoms. The minimum absolute atomic E-state index is 0.0897. The maximum atomic E-state index is 13.9. The van der Waals surface area contributed by atoms with Crippen molar-refractivity contribution >= 4 is 11.8 Å². The van der Waals surface area contributed by atoms with Gasteiger partial charge in [0.1, 0.15) is 24.6 Å². The Hall–Kier alpha value is -3.62. The summed E-state index contributed by atoms with van der Waals surface area (Å²) in [5.41, 5.74) is 1.99. The number of hydroxylamine groups is 2. The second-order valence-corrected chi connectivity index (χ2v) is 9.56. The fraction of sp³-hybridized carbons (Fsp3) is 0.444. The Morgan fingerprint density at radius 2 is 2.12 bits per heavy atom. The molecule has 1 aromatic carbocycles. The largest absolute Gasteiger partial charge is 0.474 e. The number of rotatable bonds is 10. The number of nitrogens with one attached hydrogen (secondary N) is 3. The lowest BCUT2D eigenvalue weighted by atomic mass is 10.0. The predicted molar refractivity (Wildman–Crippen MR) is 144 cm³/mol. The number of amides is 2. The normalized spacial score (nSPS) is 21.3. The number of hydrogen-bond acceptors (Lipinski definition) is 9. The number of aromatic nitrogens is 3. The van der Waals surface area contributed by atoms with Gasteiger partial charge in [-0.3, -0.25) is 10.2 Å². The van der Waals surface area contributed by atoms with E-state index in [1.165, 1.54) is 12.3 Å². The van der Waals surface area contributed by atoms with E-state index in [1.54, 1.807) is 22.9 Å². The van der Waals surface area contributed by atoms with Gasteiger partial charge in [-0.2, -0.15) is 9.45 Å². The van der Waals surface area contributed by atoms with Gasteiger partial charge in [-0.05, 0) is 36.8 Å². The number of morpholine rings is 1. The summed E-state index contributed by atoms with van der Waals surface area (Å²) in [6.07, 6.45) is 0.678. The summed E-state index contributed by atoms with van der Waals surface area (Å²) in [4.78, 5) is 23.0. The molecule has 3 N–H and O–H groups in total. The van der Waals surface area contributed by atoms with Crippen molar-refractivity contribution < 1.29 is 28.2 Å². The first kappa shape index (κ1) is 27.9. The van der Waals surface area contributed by atoms with Crippen molar-refractivity contribution in [2.45, 2.75) is 25.2 Å². The molecule has 40 heavy (non-hydrogen) atoms. The summed E-state index contributed by atoms with van der Waals surface area (Å²) >= 11 is 0. The average molecular weight is 556 g/mol. The molecule has 0 aliphatic carbocycles. The number of nitrogens with zero attached hydrogens (tertiary/aromatic N) is 4. The van der Waals surface area contributed by atoms with Gasteiger partial charge in [0, 0.05) is 39.5 Å². The summed E-state index contributed by atoms with van der Waals surface area (Å²) < 4.78 is 32.5. The Kier molecular flexibility index (Phi) is 9.19. The summed E-state index contributed by atoms with van der Waals surface area (Å²) in [7, 11) is 1.60. The van der Waals surface area contributed by atoms with Crippen LogP contribution in [0, 0.1) is 12.9 Å². The maximum Gasteiger partial charge on any atom is 0.320 e. The van der Waals surface area contributed by atoms with E-state index < -0.39 is 24.1 Å². The molecule has 0 spiro atoms. The molecule has 12 nitrogen and oxygen atoms in total. The number of anilines is 1. The number of carbonyl (C=O) groups excluding carboxylic acids is 1. The summed E-state index contributed by atoms with van der Waals surface area (Å²) in [6, 6.07) is 11.5. The van der Waals surface area contributed by atoms with Crippen molar-refractivity contribution in [1.82, 2.24) is 30.5 Å². The summed E-state index contributed by atoms with van der Waals surface area (Å²) in [5, 5.41) is 15.6. The molecule has 3 aromatic rings. The number of halogens is 1. The number of para-hydroxylation sites is 1. The van der Waals surface area contributed by atoms with Crippen LogP contribution in [0.1, 0.15) is 17.2 Å². The van der Waals surface area contributed by atoms with Crippen molar-refractivity contribution in [2.24, 2.45) is 0 Å². The van der Waals surface area contributed by atoms with E-state index in [2.05, 4.69) is 26.0 Å². The number of methoxy groups -OCH3 is 1. The van der Waals surface area contributed by atoms with Crippen LogP contribution in [0.2, 0.25) is 0 Å². The van der Waals surface area contributed by atoms with E-state index in [-0.39, 0.29) is 6.10 Å². The molecule has 0 radical (unpaired) electrons. The van der Waals surface area contributed by atoms with E-state index in [9.17, 15) is 9.18 Å². The lowest BCUT2D eigenvalue weighted by Gasteiger charge is -2.23. The lowest BCUT2D eigenvalue weighted by Crippen LogP contribution is -2.42. The lowest BCUT2D eigenvalue weighted by molar-refractivity contribution is -0.154. The van der Waals surface area contributed by atoms with Crippen LogP contribution in [0.3, 0.4) is 0 Å². The van der Waals surface area contributed by atoms with Crippen LogP contribution in [0.5, 0.6) is 5.88 Å². The summed E-state index contributed by atoms with van der Waals surface area (Å²) in [6.45, 7) is 5.61. The van der Waals surface area contributed by atoms with Crippen LogP contribution in [-0.2, 0) is 14.3 Å². The van der Waals surface area contributed by atoms with Crippen LogP contribution >= 0.6 is 0 Å². The molecule has 2 amide bonds. The number of urea groups is 1. The van der Waals surface area contributed by atoms with Gasteiger partial charge in [-0.15, -0.1) is 5.10 Å². The highest BCUT2D eigenvalue weighted by molar-refractivity contribution is 5.90. The zero-order valence-electron chi connectivity index (χ0n) is 22.5. The molecule has 4 heterocycles. The molecule has 1 unspecified atom stereocenters. The molecule has 0 saturated carbocycles. The predicted octanol–water partition coefficient (Wildman–Crippen LogP) is 2.21. The zero-order valence-corrected chi connectivity index (χ0v) is 22.5. The smallest absolute Gasteiger partial charge is 0.320 e. The third kappa shape index (κ3) is 6.74. The third-order valence-electron chi connectivity index (χ3n) is 6.69. The highest BCUT2D eigenvalue weighted by atomic mass is 19.1. The van der Waals surface area contributed by atoms with E-state index in [1.807, 2.05) is 37.3 Å². The second kappa shape index (κ2) is 13.2. The first-order chi connectivity index (χ1) is 19.5. The van der Waals surface area contributed by atoms with Crippen molar-refractivity contribution in [2.75, 3.05) is 58.4 Å². The van der Waals surface area contributed by atoms with Crippen LogP contribution < -0.4 is 20.7 Å². The Morgan fingerprint density at radius 1 is 1.27 bits per heavy atom. The van der Waals surface area contributed by atoms with Crippen LogP contribution in [0.4, 0.5) is 15.0 Å². The zero-order chi connectivity index (χ0) is 27.9. The topological polar surface area (TPSA) is 124 Å². The van der Waals surface area contributed by atoms with Crippen molar-refractivity contribution in [3.05, 3.63) is 65.7 Å². The van der Waals surface area contributed by atoms with Gasteiger partial charge in [0.2, 0.25) is 11.8 Å². The Morgan fingerprint density at radius 3 is 2.88 bits per heavy atom. The molecule has 2 aliphatic heterocycles. The number of hydrogen-bond donors (Lipinski definition) is 3. The van der Waals surface area contributed by atoms with Crippen molar-refractivity contribution in [1.29, 1.82) is 0 Å². The SMILES string of the molecule is COCCN1C[C@@H](NC(=O)Nc2c(C)c(OCC3CNCCO3)nn2-c2ccccc2)[C@H](c2ccnc(F)c2)O1. The number of carbonyl (C=O) groups is 1. The van der Waals surface area contributed by atoms with Crippen molar-refractivity contribution in [3.63, 3.8) is 0 Å². The molecule has 5 rings (SSSR count). The molecule has 214 valence electrons. The van der Waals surface area contributed by atoms with Gasteiger partial charge in [0.15, 0.2) is 0 Å². The van der Waals surface area contributed by atoms with Gasteiger partial charge < -0.3 is 24.8 Å². The van der Waals surface area contributed by atoms with Crippen LogP contribution in [0.15, 0.2) is 48.7 Å². The summed E-state index contributed by atoms with van der Waals surface area (Å²) in [5.74, 6) is 0.236. The highest BCUT2D eigenvalue weighted by Gasteiger charge is 2.37. The Bertz CT molecular complexity index is 1270. The standard InChI is InChI=1S/C27H34FN7O5/c1-18-25(35(20-6-4-3-5-7-20)33-26(18)39-17-21-15-29-10-12-38-21)32-27(36)31-22-16-34(11-13-37-2)40-24(22)19-8-9-30-23(28)14-19/h3-9,14,21-22,24,29H,10-13,15-17H2,1-2H3,(H2,31,32,36)/t21?,22-,24+/m1/s1. The molecule has 2 saturated heterocycles. The Labute approximate surface area is 231 Å². The van der Waals surface area contributed by atoms with E-state index in [4.69, 9.17) is 19.0 Å². The quantitative estimate of drug-likeness (QED) is 0.323. The maximum absolute atomic E-state index is 13.9. The molecule has 2 fully saturated rings. The highest BCUT2D eigenvalue weighted by Crippen LogP contribution is 2.31. The van der Waals surface area contributed by atoms with Crippen LogP contribution in [-0.4, -0.2) is 91.1 Å². The fourth-order valence-electron chi connectivity index (χ4n) is 4.66. The third-order valence-corrected chi connectivity index (χ3v) is 6.69. The van der Waals surface area contributed by atoms with E-state index in [0.29, 0.717) is 62.3 Å². The van der Waals surface area contributed by atoms with Gasteiger partial charge in [0.25, 0.3) is 0 Å². The number of pyridine rings is 1. The first-order valence-corrected chi connectivity index (χ1v) is 13.2. The van der Waals surface area contributed by atoms with E-state index in [0.717, 1.165) is 12.2 Å². The number of benzene rings is 1. The van der Waals surface area contributed by atoms with Gasteiger partial charge in [0.05, 0.1) is 30.5 Å². The second-order valence-electron chi connectivity index (χ2n) is 9.56. The van der Waals surface area contributed by atoms with Crippen molar-refractivity contribution in [3.8, 4) is 11.6 Å². The molecular formula is C27H34FN7O5. The molecule has 2 aliphatic rings.